The van der Waals surface area contributed by atoms with E-state index in [1.807, 2.05) is 0 Å². The van der Waals surface area contributed by atoms with E-state index in [1.54, 1.807) is 42.2 Å². The van der Waals surface area contributed by atoms with Crippen molar-refractivity contribution in [3.05, 3.63) is 58.0 Å². The number of aliphatic hydroxyl groups excluding tert-OH is 1. The highest BCUT2D eigenvalue weighted by atomic mass is 35.5. The van der Waals surface area contributed by atoms with Gasteiger partial charge in [-0.2, -0.15) is 0 Å². The molecule has 1 aliphatic carbocycles. The van der Waals surface area contributed by atoms with Crippen molar-refractivity contribution in [3.8, 4) is 5.75 Å². The molecule has 2 heterocycles. The Hall–Kier alpha value is -2.73. The van der Waals surface area contributed by atoms with Gasteiger partial charge in [-0.05, 0) is 50.1 Å². The molecule has 2 aliphatic rings. The van der Waals surface area contributed by atoms with Crippen molar-refractivity contribution in [2.24, 2.45) is 0 Å². The summed E-state index contributed by atoms with van der Waals surface area (Å²) in [5.41, 5.74) is 0.232. The summed E-state index contributed by atoms with van der Waals surface area (Å²) in [7, 11) is 1.50. The number of Topliss-reactive ketones (excluding diaryl/α,β-unsaturated/α-hetero) is 1. The fourth-order valence-corrected chi connectivity index (χ4v) is 4.45. The summed E-state index contributed by atoms with van der Waals surface area (Å²) in [6.07, 6.45) is 3.64. The first kappa shape index (κ1) is 19.6. The van der Waals surface area contributed by atoms with E-state index >= 15 is 0 Å². The first-order valence-corrected chi connectivity index (χ1v) is 10.0. The number of rotatable bonds is 4. The maximum Gasteiger partial charge on any atom is 0.296 e. The van der Waals surface area contributed by atoms with Gasteiger partial charge in [-0.25, -0.2) is 0 Å². The van der Waals surface area contributed by atoms with Crippen LogP contribution in [0.15, 0.2) is 40.3 Å². The van der Waals surface area contributed by atoms with E-state index in [1.165, 1.54) is 7.11 Å². The number of carbonyl (C=O) groups is 2. The number of benzene rings is 1. The quantitative estimate of drug-likeness (QED) is 0.448. The van der Waals surface area contributed by atoms with Crippen molar-refractivity contribution in [2.75, 3.05) is 7.11 Å². The van der Waals surface area contributed by atoms with Crippen LogP contribution in [0, 0.1) is 6.92 Å². The van der Waals surface area contributed by atoms with E-state index in [9.17, 15) is 14.7 Å². The van der Waals surface area contributed by atoms with Crippen LogP contribution in [0.4, 0.5) is 0 Å². The summed E-state index contributed by atoms with van der Waals surface area (Å²) >= 11 is 6.29. The number of hydrogen-bond donors (Lipinski definition) is 1. The topological polar surface area (TPSA) is 80.0 Å². The van der Waals surface area contributed by atoms with Crippen LogP contribution < -0.4 is 4.74 Å². The number of carbonyl (C=O) groups excluding carboxylic acids is 2. The Labute approximate surface area is 173 Å². The van der Waals surface area contributed by atoms with E-state index in [0.717, 1.165) is 25.7 Å². The van der Waals surface area contributed by atoms with Gasteiger partial charge in [-0.15, -0.1) is 0 Å². The number of furan rings is 1. The molecular weight excluding hydrogens is 394 g/mol. The number of likely N-dealkylation sites (tertiary alicyclic amines) is 1. The molecule has 0 radical (unpaired) electrons. The third-order valence-corrected chi connectivity index (χ3v) is 5.99. The average Bonchev–Trinajstić information content (AvgIpc) is 3.43. The molecule has 1 N–H and O–H groups in total. The predicted molar refractivity (Wildman–Crippen MR) is 108 cm³/mol. The Kier molecular flexibility index (Phi) is 5.13. The van der Waals surface area contributed by atoms with Gasteiger partial charge >= 0.3 is 0 Å². The van der Waals surface area contributed by atoms with Crippen LogP contribution in [0.2, 0.25) is 5.02 Å². The van der Waals surface area contributed by atoms with Gasteiger partial charge in [0.1, 0.15) is 29.1 Å². The van der Waals surface area contributed by atoms with Gasteiger partial charge in [-0.1, -0.05) is 24.4 Å². The second kappa shape index (κ2) is 7.59. The maximum absolute atomic E-state index is 13.0. The Morgan fingerprint density at radius 3 is 2.55 bits per heavy atom. The molecule has 1 aromatic heterocycles. The van der Waals surface area contributed by atoms with Crippen molar-refractivity contribution in [3.63, 3.8) is 0 Å². The molecule has 1 aliphatic heterocycles. The first-order valence-electron chi connectivity index (χ1n) is 9.62. The average molecular weight is 416 g/mol. The number of nitrogens with zero attached hydrogens (tertiary/aromatic N) is 1. The molecule has 0 bridgehead atoms. The normalized spacial score (nSPS) is 21.9. The first-order chi connectivity index (χ1) is 13.9. The van der Waals surface area contributed by atoms with Gasteiger partial charge in [0.2, 0.25) is 0 Å². The lowest BCUT2D eigenvalue weighted by Gasteiger charge is -2.29. The standard InChI is InChI=1S/C22H22ClNO5/c1-12-7-10-17(29-12)19-18(20(25)15-11-14(28-2)8-9-16(15)23)21(26)22(27)24(19)13-5-3-4-6-13/h7-11,13,19,25H,3-6H2,1-2H3/b20-18+. The molecule has 1 amide bonds. The van der Waals surface area contributed by atoms with Crippen LogP contribution >= 0.6 is 11.6 Å². The number of aryl methyl sites for hydroxylation is 1. The number of amides is 1. The molecule has 29 heavy (non-hydrogen) atoms. The molecule has 1 saturated heterocycles. The minimum Gasteiger partial charge on any atom is -0.507 e. The van der Waals surface area contributed by atoms with Crippen molar-refractivity contribution < 1.29 is 23.8 Å². The lowest BCUT2D eigenvalue weighted by atomic mass is 9.98. The molecule has 0 spiro atoms. The summed E-state index contributed by atoms with van der Waals surface area (Å²) in [5.74, 6) is -0.0763. The fourth-order valence-electron chi connectivity index (χ4n) is 4.25. The van der Waals surface area contributed by atoms with Gasteiger partial charge in [0.05, 0.1) is 17.7 Å². The Morgan fingerprint density at radius 1 is 1.21 bits per heavy atom. The lowest BCUT2D eigenvalue weighted by molar-refractivity contribution is -0.141. The number of ether oxygens (including phenoxy) is 1. The number of methoxy groups -OCH3 is 1. The third-order valence-electron chi connectivity index (χ3n) is 5.66. The van der Waals surface area contributed by atoms with Crippen molar-refractivity contribution in [2.45, 2.75) is 44.7 Å². The molecule has 1 unspecified atom stereocenters. The monoisotopic (exact) mass is 415 g/mol. The second-order valence-corrected chi connectivity index (χ2v) is 7.85. The van der Waals surface area contributed by atoms with Crippen LogP contribution in [0.3, 0.4) is 0 Å². The Morgan fingerprint density at radius 2 is 1.93 bits per heavy atom. The second-order valence-electron chi connectivity index (χ2n) is 7.44. The number of hydrogen-bond acceptors (Lipinski definition) is 5. The van der Waals surface area contributed by atoms with Crippen molar-refractivity contribution >= 4 is 29.1 Å². The highest BCUT2D eigenvalue weighted by molar-refractivity contribution is 6.47. The largest absolute Gasteiger partial charge is 0.507 e. The predicted octanol–water partition coefficient (Wildman–Crippen LogP) is 4.61. The third kappa shape index (κ3) is 3.31. The molecule has 1 aromatic carbocycles. The summed E-state index contributed by atoms with van der Waals surface area (Å²) in [6.45, 7) is 1.80. The summed E-state index contributed by atoms with van der Waals surface area (Å²) in [4.78, 5) is 27.6. The van der Waals surface area contributed by atoms with E-state index in [0.29, 0.717) is 17.3 Å². The summed E-state index contributed by atoms with van der Waals surface area (Å²) in [5, 5.41) is 11.4. The van der Waals surface area contributed by atoms with Gasteiger partial charge in [0, 0.05) is 11.6 Å². The number of halogens is 1. The number of aliphatic hydroxyl groups is 1. The molecule has 2 aromatic rings. The van der Waals surface area contributed by atoms with Crippen molar-refractivity contribution in [1.82, 2.24) is 4.90 Å². The summed E-state index contributed by atoms with van der Waals surface area (Å²) in [6, 6.07) is 7.46. The highest BCUT2D eigenvalue weighted by Gasteiger charge is 2.50. The van der Waals surface area contributed by atoms with Crippen LogP contribution in [0.25, 0.3) is 5.76 Å². The van der Waals surface area contributed by atoms with E-state index in [2.05, 4.69) is 0 Å². The zero-order chi connectivity index (χ0) is 20.7. The van der Waals surface area contributed by atoms with Crippen molar-refractivity contribution in [1.29, 1.82) is 0 Å². The SMILES string of the molecule is COc1ccc(Cl)c(/C(O)=C2\C(=O)C(=O)N(C3CCCC3)C2c2ccc(C)o2)c1. The Balaban J connectivity index is 1.90. The Bertz CT molecular complexity index is 1000. The molecule has 152 valence electrons. The molecular formula is C22H22ClNO5. The zero-order valence-electron chi connectivity index (χ0n) is 16.3. The van der Waals surface area contributed by atoms with Crippen LogP contribution in [0.1, 0.15) is 48.8 Å². The molecule has 1 saturated carbocycles. The highest BCUT2D eigenvalue weighted by Crippen LogP contribution is 2.44. The molecule has 1 atom stereocenters. The smallest absolute Gasteiger partial charge is 0.296 e. The molecule has 2 fully saturated rings. The minimum absolute atomic E-state index is 0.00796. The fraction of sp³-hybridized carbons (Fsp3) is 0.364. The molecule has 6 nitrogen and oxygen atoms in total. The van der Waals surface area contributed by atoms with Crippen LogP contribution in [-0.2, 0) is 9.59 Å². The van der Waals surface area contributed by atoms with E-state index < -0.39 is 17.7 Å². The van der Waals surface area contributed by atoms with Gasteiger partial charge in [0.15, 0.2) is 0 Å². The van der Waals surface area contributed by atoms with E-state index in [-0.39, 0.29) is 28.0 Å². The van der Waals surface area contributed by atoms with E-state index in [4.69, 9.17) is 20.8 Å². The summed E-state index contributed by atoms with van der Waals surface area (Å²) < 4.78 is 11.0. The number of ketones is 1. The van der Waals surface area contributed by atoms with Gasteiger partial charge in [0.25, 0.3) is 11.7 Å². The van der Waals surface area contributed by atoms with Crippen LogP contribution in [0.5, 0.6) is 5.75 Å². The van der Waals surface area contributed by atoms with Crippen LogP contribution in [-0.4, -0.2) is 34.8 Å². The zero-order valence-corrected chi connectivity index (χ0v) is 17.0. The van der Waals surface area contributed by atoms with Gasteiger partial charge in [-0.3, -0.25) is 9.59 Å². The van der Waals surface area contributed by atoms with Gasteiger partial charge < -0.3 is 19.2 Å². The minimum atomic E-state index is -0.783. The molecule has 4 rings (SSSR count). The molecule has 7 heteroatoms. The lowest BCUT2D eigenvalue weighted by Crippen LogP contribution is -2.37. The maximum atomic E-state index is 13.0.